The second kappa shape index (κ2) is 4.96. The summed E-state index contributed by atoms with van der Waals surface area (Å²) >= 11 is 0. The number of carbonyl (C=O) groups is 2. The van der Waals surface area contributed by atoms with Crippen LogP contribution in [0.4, 0.5) is 0 Å². The van der Waals surface area contributed by atoms with E-state index in [9.17, 15) is 9.59 Å². The molecule has 0 bridgehead atoms. The Morgan fingerprint density at radius 1 is 1.15 bits per heavy atom. The van der Waals surface area contributed by atoms with Crippen molar-refractivity contribution >= 4 is 11.9 Å². The summed E-state index contributed by atoms with van der Waals surface area (Å²) in [6.07, 6.45) is 8.45. The minimum absolute atomic E-state index is 0.0256. The highest BCUT2D eigenvalue weighted by Gasteiger charge is 2.38. The van der Waals surface area contributed by atoms with E-state index in [0.29, 0.717) is 5.41 Å². The van der Waals surface area contributed by atoms with Crippen LogP contribution in [0.25, 0.3) is 0 Å². The Balaban J connectivity index is 1.65. The van der Waals surface area contributed by atoms with Crippen LogP contribution in [0.3, 0.4) is 0 Å². The van der Waals surface area contributed by atoms with Crippen LogP contribution in [0.2, 0.25) is 0 Å². The second-order valence-corrected chi connectivity index (χ2v) is 6.00. The van der Waals surface area contributed by atoms with E-state index in [2.05, 4.69) is 0 Å². The highest BCUT2D eigenvalue weighted by molar-refractivity contribution is 5.95. The van der Waals surface area contributed by atoms with Crippen LogP contribution < -0.4 is 0 Å². The zero-order valence-corrected chi connectivity index (χ0v) is 11.4. The Bertz CT molecular complexity index is 518. The van der Waals surface area contributed by atoms with E-state index >= 15 is 0 Å². The van der Waals surface area contributed by atoms with Crippen molar-refractivity contribution in [2.24, 2.45) is 5.41 Å². The number of likely N-dealkylation sites (tertiary alicyclic amines) is 1. The Morgan fingerprint density at radius 2 is 1.80 bits per heavy atom. The summed E-state index contributed by atoms with van der Waals surface area (Å²) < 4.78 is 5.09. The third kappa shape index (κ3) is 2.32. The van der Waals surface area contributed by atoms with Crippen LogP contribution in [0, 0.1) is 5.41 Å². The third-order valence-electron chi connectivity index (χ3n) is 4.83. The quantitative estimate of drug-likeness (QED) is 0.902. The van der Waals surface area contributed by atoms with Crippen molar-refractivity contribution in [2.45, 2.75) is 38.5 Å². The highest BCUT2D eigenvalue weighted by atomic mass is 16.4. The molecule has 1 spiro atoms. The van der Waals surface area contributed by atoms with Gasteiger partial charge in [0.1, 0.15) is 6.26 Å². The number of hydrogen-bond donors (Lipinski definition) is 1. The third-order valence-corrected chi connectivity index (χ3v) is 4.83. The van der Waals surface area contributed by atoms with Gasteiger partial charge in [-0.05, 0) is 31.1 Å². The van der Waals surface area contributed by atoms with E-state index in [0.717, 1.165) is 32.2 Å². The van der Waals surface area contributed by atoms with Gasteiger partial charge in [0.25, 0.3) is 5.91 Å². The number of amides is 1. The van der Waals surface area contributed by atoms with Gasteiger partial charge in [-0.2, -0.15) is 0 Å². The highest BCUT2D eigenvalue weighted by Crippen LogP contribution is 2.46. The molecule has 0 atom stereocenters. The number of rotatable bonds is 2. The first kappa shape index (κ1) is 13.2. The molecule has 3 rings (SSSR count). The lowest BCUT2D eigenvalue weighted by molar-refractivity contribution is 0.0557. The molecule has 0 radical (unpaired) electrons. The molecule has 1 aromatic heterocycles. The first-order valence-electron chi connectivity index (χ1n) is 7.21. The summed E-state index contributed by atoms with van der Waals surface area (Å²) in [6.45, 7) is 1.50. The molecule has 108 valence electrons. The average molecular weight is 277 g/mol. The van der Waals surface area contributed by atoms with Crippen LogP contribution in [-0.2, 0) is 0 Å². The monoisotopic (exact) mass is 277 g/mol. The average Bonchev–Trinajstić information content (AvgIpc) is 3.08. The number of nitrogens with zero attached hydrogens (tertiary/aromatic N) is 1. The largest absolute Gasteiger partial charge is 0.478 e. The number of carbonyl (C=O) groups excluding carboxylic acids is 1. The Morgan fingerprint density at radius 3 is 2.35 bits per heavy atom. The van der Waals surface area contributed by atoms with Gasteiger partial charge in [0.15, 0.2) is 5.76 Å². The van der Waals surface area contributed by atoms with Gasteiger partial charge < -0.3 is 14.4 Å². The maximum atomic E-state index is 12.3. The summed E-state index contributed by atoms with van der Waals surface area (Å²) in [4.78, 5) is 24.9. The molecule has 0 aromatic carbocycles. The molecule has 5 heteroatoms. The van der Waals surface area contributed by atoms with E-state index in [1.54, 1.807) is 4.90 Å². The zero-order valence-electron chi connectivity index (χ0n) is 11.4. The molecule has 1 aromatic rings. The lowest BCUT2D eigenvalue weighted by atomic mass is 9.77. The standard InChI is InChI=1S/C15H19NO4/c17-13(12-9-11(10-20-12)14(18)19)16-7-5-15(6-8-16)3-1-2-4-15/h9-10H,1-8H2,(H,18,19). The molecule has 1 aliphatic heterocycles. The van der Waals surface area contributed by atoms with Gasteiger partial charge in [-0.3, -0.25) is 4.79 Å². The summed E-state index contributed by atoms with van der Waals surface area (Å²) in [6, 6.07) is 1.31. The number of aromatic carboxylic acids is 1. The fourth-order valence-corrected chi connectivity index (χ4v) is 3.53. The van der Waals surface area contributed by atoms with Gasteiger partial charge in [0.2, 0.25) is 0 Å². The number of hydrogen-bond acceptors (Lipinski definition) is 3. The summed E-state index contributed by atoms with van der Waals surface area (Å²) in [7, 11) is 0. The molecule has 1 N–H and O–H groups in total. The van der Waals surface area contributed by atoms with Crippen molar-refractivity contribution < 1.29 is 19.1 Å². The van der Waals surface area contributed by atoms with Gasteiger partial charge in [0.05, 0.1) is 5.56 Å². The number of carboxylic acid groups (broad SMARTS) is 1. The first-order valence-corrected chi connectivity index (χ1v) is 7.21. The van der Waals surface area contributed by atoms with Gasteiger partial charge in [-0.15, -0.1) is 0 Å². The second-order valence-electron chi connectivity index (χ2n) is 6.00. The Kier molecular flexibility index (Phi) is 3.28. The van der Waals surface area contributed by atoms with E-state index < -0.39 is 5.97 Å². The summed E-state index contributed by atoms with van der Waals surface area (Å²) in [5.41, 5.74) is 0.490. The molecular weight excluding hydrogens is 258 g/mol. The number of carboxylic acids is 1. The molecule has 2 aliphatic rings. The van der Waals surface area contributed by atoms with E-state index in [1.807, 2.05) is 0 Å². The van der Waals surface area contributed by atoms with Crippen LogP contribution >= 0.6 is 0 Å². The van der Waals surface area contributed by atoms with Gasteiger partial charge in [0, 0.05) is 19.2 Å². The van der Waals surface area contributed by atoms with Gasteiger partial charge in [-0.25, -0.2) is 4.79 Å². The van der Waals surface area contributed by atoms with Crippen molar-refractivity contribution in [1.82, 2.24) is 4.90 Å². The molecule has 1 saturated heterocycles. The van der Waals surface area contributed by atoms with Crippen molar-refractivity contribution in [3.05, 3.63) is 23.7 Å². The number of furan rings is 1. The topological polar surface area (TPSA) is 70.7 Å². The molecule has 1 aliphatic carbocycles. The van der Waals surface area contributed by atoms with Crippen LogP contribution in [0.5, 0.6) is 0 Å². The molecule has 5 nitrogen and oxygen atoms in total. The molecule has 2 fully saturated rings. The molecule has 20 heavy (non-hydrogen) atoms. The molecule has 0 unspecified atom stereocenters. The predicted molar refractivity (Wildman–Crippen MR) is 71.7 cm³/mol. The van der Waals surface area contributed by atoms with Crippen LogP contribution in [0.15, 0.2) is 16.7 Å². The van der Waals surface area contributed by atoms with E-state index in [-0.39, 0.29) is 17.2 Å². The Hall–Kier alpha value is -1.78. The maximum absolute atomic E-state index is 12.3. The lowest BCUT2D eigenvalue weighted by Crippen LogP contribution is -2.42. The fraction of sp³-hybridized carbons (Fsp3) is 0.600. The van der Waals surface area contributed by atoms with Crippen LogP contribution in [-0.4, -0.2) is 35.0 Å². The maximum Gasteiger partial charge on any atom is 0.338 e. The molecular formula is C15H19NO4. The Labute approximate surface area is 117 Å². The minimum atomic E-state index is -1.07. The fourth-order valence-electron chi connectivity index (χ4n) is 3.53. The lowest BCUT2D eigenvalue weighted by Gasteiger charge is -2.39. The number of piperidine rings is 1. The van der Waals surface area contributed by atoms with Gasteiger partial charge >= 0.3 is 5.97 Å². The first-order chi connectivity index (χ1) is 9.60. The van der Waals surface area contributed by atoms with Crippen molar-refractivity contribution in [3.63, 3.8) is 0 Å². The SMILES string of the molecule is O=C(O)c1coc(C(=O)N2CCC3(CCCC3)CC2)c1. The molecule has 1 saturated carbocycles. The molecule has 1 amide bonds. The van der Waals surface area contributed by atoms with Crippen LogP contribution in [0.1, 0.15) is 59.4 Å². The van der Waals surface area contributed by atoms with Gasteiger partial charge in [-0.1, -0.05) is 12.8 Å². The summed E-state index contributed by atoms with van der Waals surface area (Å²) in [5, 5.41) is 8.84. The van der Waals surface area contributed by atoms with Crippen molar-refractivity contribution in [1.29, 1.82) is 0 Å². The smallest absolute Gasteiger partial charge is 0.338 e. The van der Waals surface area contributed by atoms with E-state index in [4.69, 9.17) is 9.52 Å². The van der Waals surface area contributed by atoms with Crippen molar-refractivity contribution in [3.8, 4) is 0 Å². The minimum Gasteiger partial charge on any atom is -0.478 e. The van der Waals surface area contributed by atoms with Crippen molar-refractivity contribution in [2.75, 3.05) is 13.1 Å². The summed E-state index contributed by atoms with van der Waals surface area (Å²) in [5.74, 6) is -1.13. The zero-order chi connectivity index (χ0) is 14.2. The predicted octanol–water partition coefficient (Wildman–Crippen LogP) is 2.77. The molecule has 2 heterocycles. The van der Waals surface area contributed by atoms with E-state index in [1.165, 1.54) is 31.7 Å². The normalized spacial score (nSPS) is 21.3.